The van der Waals surface area contributed by atoms with Gasteiger partial charge in [0.25, 0.3) is 0 Å². The molecule has 100 valence electrons. The van der Waals surface area contributed by atoms with Crippen molar-refractivity contribution >= 4 is 5.91 Å². The molecule has 1 unspecified atom stereocenters. The summed E-state index contributed by atoms with van der Waals surface area (Å²) in [6.07, 6.45) is 7.13. The van der Waals surface area contributed by atoms with Crippen molar-refractivity contribution in [1.82, 2.24) is 5.32 Å². The van der Waals surface area contributed by atoms with Gasteiger partial charge in [-0.3, -0.25) is 4.79 Å². The number of nitrogens with two attached hydrogens (primary N) is 1. The molecular formula is C14H28N2O. The number of amides is 1. The van der Waals surface area contributed by atoms with Crippen LogP contribution in [0.5, 0.6) is 0 Å². The first-order valence-corrected chi connectivity index (χ1v) is 7.08. The Morgan fingerprint density at radius 2 is 2.00 bits per heavy atom. The third-order valence-electron chi connectivity index (χ3n) is 3.95. The van der Waals surface area contributed by atoms with Crippen molar-refractivity contribution < 1.29 is 4.79 Å². The van der Waals surface area contributed by atoms with Crippen LogP contribution in [-0.2, 0) is 4.79 Å². The molecule has 0 radical (unpaired) electrons. The second-order valence-electron chi connectivity index (χ2n) is 5.81. The van der Waals surface area contributed by atoms with Gasteiger partial charge in [0.1, 0.15) is 0 Å². The zero-order chi connectivity index (χ0) is 12.7. The van der Waals surface area contributed by atoms with E-state index in [1.807, 2.05) is 6.92 Å². The smallest absolute Gasteiger partial charge is 0.220 e. The molecule has 3 N–H and O–H groups in total. The highest BCUT2D eigenvalue weighted by atomic mass is 16.1. The van der Waals surface area contributed by atoms with Gasteiger partial charge in [0.2, 0.25) is 5.91 Å². The van der Waals surface area contributed by atoms with E-state index in [-0.39, 0.29) is 5.91 Å². The Kier molecular flexibility index (Phi) is 6.56. The van der Waals surface area contributed by atoms with Gasteiger partial charge in [-0.05, 0) is 30.7 Å². The topological polar surface area (TPSA) is 55.1 Å². The van der Waals surface area contributed by atoms with Crippen molar-refractivity contribution in [1.29, 1.82) is 0 Å². The van der Waals surface area contributed by atoms with Crippen LogP contribution >= 0.6 is 0 Å². The Balaban J connectivity index is 2.05. The minimum atomic E-state index is 0.159. The number of nitrogens with one attached hydrogen (secondary N) is 1. The second-order valence-corrected chi connectivity index (χ2v) is 5.81. The Hall–Kier alpha value is -0.570. The molecule has 1 rings (SSSR count). The van der Waals surface area contributed by atoms with Crippen LogP contribution < -0.4 is 11.1 Å². The molecule has 3 nitrogen and oxygen atoms in total. The lowest BCUT2D eigenvalue weighted by atomic mass is 9.81. The Morgan fingerprint density at radius 3 is 2.59 bits per heavy atom. The molecule has 0 aromatic heterocycles. The van der Waals surface area contributed by atoms with Crippen molar-refractivity contribution in [3.8, 4) is 0 Å². The standard InChI is InChI=1S/C14H28N2O/c1-11-3-5-13(6-4-11)7-8-16-14(17)9-12(2)10-15/h11-13H,3-10,15H2,1-2H3,(H,16,17). The molecule has 17 heavy (non-hydrogen) atoms. The lowest BCUT2D eigenvalue weighted by Crippen LogP contribution is -2.29. The van der Waals surface area contributed by atoms with E-state index in [2.05, 4.69) is 12.2 Å². The molecule has 0 aromatic carbocycles. The Bertz CT molecular complexity index is 222. The van der Waals surface area contributed by atoms with Gasteiger partial charge in [0.15, 0.2) is 0 Å². The van der Waals surface area contributed by atoms with E-state index in [1.165, 1.54) is 25.7 Å². The summed E-state index contributed by atoms with van der Waals surface area (Å²) in [6, 6.07) is 0. The van der Waals surface area contributed by atoms with E-state index >= 15 is 0 Å². The predicted molar refractivity (Wildman–Crippen MR) is 71.6 cm³/mol. The molecule has 0 aliphatic heterocycles. The Morgan fingerprint density at radius 1 is 1.35 bits per heavy atom. The van der Waals surface area contributed by atoms with Crippen LogP contribution in [0.15, 0.2) is 0 Å². The van der Waals surface area contributed by atoms with Gasteiger partial charge in [-0.15, -0.1) is 0 Å². The fourth-order valence-electron chi connectivity index (χ4n) is 2.51. The van der Waals surface area contributed by atoms with E-state index in [0.29, 0.717) is 18.9 Å². The zero-order valence-electron chi connectivity index (χ0n) is 11.4. The molecule has 0 saturated heterocycles. The van der Waals surface area contributed by atoms with Crippen LogP contribution in [-0.4, -0.2) is 19.0 Å². The van der Waals surface area contributed by atoms with Crippen LogP contribution in [0.25, 0.3) is 0 Å². The molecular weight excluding hydrogens is 212 g/mol. The first-order chi connectivity index (χ1) is 8.11. The highest BCUT2D eigenvalue weighted by molar-refractivity contribution is 5.76. The predicted octanol–water partition coefficient (Wildman–Crippen LogP) is 2.30. The van der Waals surface area contributed by atoms with E-state index in [4.69, 9.17) is 5.73 Å². The van der Waals surface area contributed by atoms with E-state index < -0.39 is 0 Å². The van der Waals surface area contributed by atoms with Gasteiger partial charge < -0.3 is 11.1 Å². The molecule has 0 aromatic rings. The summed E-state index contributed by atoms with van der Waals surface area (Å²) in [6.45, 7) is 5.79. The SMILES string of the molecule is CC1CCC(CCNC(=O)CC(C)CN)CC1. The third-order valence-corrected chi connectivity index (χ3v) is 3.95. The molecule has 0 heterocycles. The van der Waals surface area contributed by atoms with Crippen molar-refractivity contribution in [3.05, 3.63) is 0 Å². The largest absolute Gasteiger partial charge is 0.356 e. The van der Waals surface area contributed by atoms with Gasteiger partial charge in [-0.25, -0.2) is 0 Å². The van der Waals surface area contributed by atoms with Crippen molar-refractivity contribution in [3.63, 3.8) is 0 Å². The molecule has 0 bridgehead atoms. The van der Waals surface area contributed by atoms with Crippen LogP contribution in [0.4, 0.5) is 0 Å². The van der Waals surface area contributed by atoms with Crippen LogP contribution in [0.3, 0.4) is 0 Å². The number of carbonyl (C=O) groups is 1. The summed E-state index contributed by atoms with van der Waals surface area (Å²) in [5.41, 5.74) is 5.50. The molecule has 1 amide bonds. The average Bonchev–Trinajstić information content (AvgIpc) is 2.31. The molecule has 1 atom stereocenters. The van der Waals surface area contributed by atoms with Crippen molar-refractivity contribution in [2.45, 2.75) is 52.4 Å². The van der Waals surface area contributed by atoms with Crippen LogP contribution in [0.2, 0.25) is 0 Å². The van der Waals surface area contributed by atoms with Gasteiger partial charge in [0.05, 0.1) is 0 Å². The monoisotopic (exact) mass is 240 g/mol. The summed E-state index contributed by atoms with van der Waals surface area (Å²) in [5.74, 6) is 2.20. The zero-order valence-corrected chi connectivity index (χ0v) is 11.4. The quantitative estimate of drug-likeness (QED) is 0.748. The summed E-state index contributed by atoms with van der Waals surface area (Å²) in [5, 5.41) is 3.01. The number of hydrogen-bond donors (Lipinski definition) is 2. The van der Waals surface area contributed by atoms with Gasteiger partial charge in [-0.2, -0.15) is 0 Å². The summed E-state index contributed by atoms with van der Waals surface area (Å²) >= 11 is 0. The molecule has 1 saturated carbocycles. The first-order valence-electron chi connectivity index (χ1n) is 7.08. The molecule has 0 spiro atoms. The summed E-state index contributed by atoms with van der Waals surface area (Å²) < 4.78 is 0. The average molecular weight is 240 g/mol. The lowest BCUT2D eigenvalue weighted by molar-refractivity contribution is -0.121. The minimum absolute atomic E-state index is 0.159. The lowest BCUT2D eigenvalue weighted by Gasteiger charge is -2.26. The maximum Gasteiger partial charge on any atom is 0.220 e. The maximum absolute atomic E-state index is 11.5. The third kappa shape index (κ3) is 6.06. The highest BCUT2D eigenvalue weighted by Crippen LogP contribution is 2.29. The van der Waals surface area contributed by atoms with Crippen molar-refractivity contribution in [2.24, 2.45) is 23.5 Å². The number of hydrogen-bond acceptors (Lipinski definition) is 2. The van der Waals surface area contributed by atoms with Gasteiger partial charge in [-0.1, -0.05) is 39.5 Å². The van der Waals surface area contributed by atoms with Crippen molar-refractivity contribution in [2.75, 3.05) is 13.1 Å². The highest BCUT2D eigenvalue weighted by Gasteiger charge is 2.18. The molecule has 1 aliphatic carbocycles. The molecule has 1 fully saturated rings. The van der Waals surface area contributed by atoms with E-state index in [0.717, 1.165) is 24.8 Å². The normalized spacial score (nSPS) is 26.5. The summed E-state index contributed by atoms with van der Waals surface area (Å²) in [4.78, 5) is 11.5. The molecule has 1 aliphatic rings. The fraction of sp³-hybridized carbons (Fsp3) is 0.929. The van der Waals surface area contributed by atoms with E-state index in [9.17, 15) is 4.79 Å². The second kappa shape index (κ2) is 7.70. The number of rotatable bonds is 6. The Labute approximate surface area is 106 Å². The summed E-state index contributed by atoms with van der Waals surface area (Å²) in [7, 11) is 0. The minimum Gasteiger partial charge on any atom is -0.356 e. The van der Waals surface area contributed by atoms with Crippen LogP contribution in [0, 0.1) is 17.8 Å². The van der Waals surface area contributed by atoms with Gasteiger partial charge in [0, 0.05) is 13.0 Å². The van der Waals surface area contributed by atoms with Gasteiger partial charge >= 0.3 is 0 Å². The maximum atomic E-state index is 11.5. The van der Waals surface area contributed by atoms with E-state index in [1.54, 1.807) is 0 Å². The molecule has 3 heteroatoms. The van der Waals surface area contributed by atoms with Crippen LogP contribution in [0.1, 0.15) is 52.4 Å². The first kappa shape index (κ1) is 14.5. The number of carbonyl (C=O) groups excluding carboxylic acids is 1. The fourth-order valence-corrected chi connectivity index (χ4v) is 2.51.